The third-order valence-corrected chi connectivity index (χ3v) is 6.04. The average Bonchev–Trinajstić information content (AvgIpc) is 2.79. The first-order chi connectivity index (χ1) is 16.2. The fraction of sp³-hybridized carbons (Fsp3) is 0.115. The van der Waals surface area contributed by atoms with Crippen LogP contribution in [0.25, 0.3) is 6.08 Å². The minimum atomic E-state index is -0.867. The number of hydrogen-bond donors (Lipinski definition) is 1. The van der Waals surface area contributed by atoms with Crippen LogP contribution in [-0.2, 0) is 16.2 Å². The van der Waals surface area contributed by atoms with E-state index < -0.39 is 17.8 Å². The van der Waals surface area contributed by atoms with Crippen LogP contribution in [0.1, 0.15) is 22.3 Å². The number of barbiturate groups is 1. The predicted octanol–water partition coefficient (Wildman–Crippen LogP) is 5.86. The van der Waals surface area contributed by atoms with E-state index in [1.807, 2.05) is 26.0 Å². The summed E-state index contributed by atoms with van der Waals surface area (Å²) in [6.45, 7) is 4.43. The Bertz CT molecular complexity index is 1350. The standard InChI is InChI=1S/C26H20Cl2N2O4/c1-15-7-8-18(11-16(15)2)14-34-23-10-9-17(13-21(23)28)12-19-24(31)29-26(33)30(25(19)32)22-6-4-3-5-20(22)27/h3-13H,14H2,1-2H3,(H,29,31,33)/b19-12+. The molecular weight excluding hydrogens is 475 g/mol. The van der Waals surface area contributed by atoms with Gasteiger partial charge >= 0.3 is 6.03 Å². The second-order valence-corrected chi connectivity index (χ2v) is 8.62. The molecule has 1 heterocycles. The minimum absolute atomic E-state index is 0.179. The monoisotopic (exact) mass is 494 g/mol. The number of imide groups is 2. The van der Waals surface area contributed by atoms with Crippen LogP contribution in [0.15, 0.2) is 66.2 Å². The molecule has 3 aromatic carbocycles. The van der Waals surface area contributed by atoms with Gasteiger partial charge in [0.25, 0.3) is 11.8 Å². The van der Waals surface area contributed by atoms with Gasteiger partial charge in [-0.15, -0.1) is 0 Å². The van der Waals surface area contributed by atoms with Gasteiger partial charge in [-0.05, 0) is 66.4 Å². The van der Waals surface area contributed by atoms with Crippen molar-refractivity contribution in [1.82, 2.24) is 5.32 Å². The summed E-state index contributed by atoms with van der Waals surface area (Å²) in [6, 6.07) is 16.5. The molecule has 3 aromatic rings. The molecule has 1 saturated heterocycles. The summed E-state index contributed by atoms with van der Waals surface area (Å²) < 4.78 is 5.84. The Labute approximate surface area is 206 Å². The molecular formula is C26H20Cl2N2O4. The molecule has 172 valence electrons. The average molecular weight is 495 g/mol. The molecule has 0 aliphatic carbocycles. The van der Waals surface area contributed by atoms with Crippen LogP contribution in [0.2, 0.25) is 10.0 Å². The molecule has 0 spiro atoms. The molecule has 1 N–H and O–H groups in total. The lowest BCUT2D eigenvalue weighted by Gasteiger charge is -2.27. The highest BCUT2D eigenvalue weighted by Crippen LogP contribution is 2.30. The number of aryl methyl sites for hydroxylation is 2. The normalized spacial score (nSPS) is 15.0. The van der Waals surface area contributed by atoms with E-state index >= 15 is 0 Å². The number of anilines is 1. The molecule has 1 aliphatic heterocycles. The number of ether oxygens (including phenoxy) is 1. The molecule has 1 aliphatic rings. The van der Waals surface area contributed by atoms with Crippen LogP contribution >= 0.6 is 23.2 Å². The Morgan fingerprint density at radius 3 is 2.38 bits per heavy atom. The zero-order valence-corrected chi connectivity index (χ0v) is 19.9. The first kappa shape index (κ1) is 23.5. The number of carbonyl (C=O) groups is 3. The number of hydrogen-bond acceptors (Lipinski definition) is 4. The van der Waals surface area contributed by atoms with E-state index in [-0.39, 0.29) is 16.3 Å². The second-order valence-electron chi connectivity index (χ2n) is 7.81. The maximum Gasteiger partial charge on any atom is 0.335 e. The summed E-state index contributed by atoms with van der Waals surface area (Å²) in [6.07, 6.45) is 1.37. The van der Waals surface area contributed by atoms with Crippen molar-refractivity contribution in [2.75, 3.05) is 4.90 Å². The molecule has 1 fully saturated rings. The van der Waals surface area contributed by atoms with Crippen molar-refractivity contribution in [2.45, 2.75) is 20.5 Å². The lowest BCUT2D eigenvalue weighted by Crippen LogP contribution is -2.54. The Balaban J connectivity index is 1.56. The topological polar surface area (TPSA) is 75.7 Å². The van der Waals surface area contributed by atoms with Gasteiger partial charge in [-0.25, -0.2) is 9.69 Å². The fourth-order valence-corrected chi connectivity index (χ4v) is 3.92. The van der Waals surface area contributed by atoms with E-state index in [0.717, 1.165) is 10.5 Å². The van der Waals surface area contributed by atoms with Gasteiger partial charge in [-0.2, -0.15) is 0 Å². The van der Waals surface area contributed by atoms with Gasteiger partial charge in [-0.1, -0.05) is 59.6 Å². The number of benzene rings is 3. The summed E-state index contributed by atoms with van der Waals surface area (Å²) in [4.78, 5) is 38.6. The van der Waals surface area contributed by atoms with Crippen molar-refractivity contribution in [1.29, 1.82) is 0 Å². The van der Waals surface area contributed by atoms with Gasteiger partial charge in [0.05, 0.1) is 15.7 Å². The molecule has 0 saturated carbocycles. The van der Waals surface area contributed by atoms with Gasteiger partial charge in [-0.3, -0.25) is 14.9 Å². The van der Waals surface area contributed by atoms with Crippen LogP contribution in [0.5, 0.6) is 5.75 Å². The van der Waals surface area contributed by atoms with Gasteiger partial charge < -0.3 is 4.74 Å². The number of carbonyl (C=O) groups excluding carboxylic acids is 3. The predicted molar refractivity (Wildman–Crippen MR) is 132 cm³/mol. The third kappa shape index (κ3) is 4.83. The number of nitrogens with zero attached hydrogens (tertiary/aromatic N) is 1. The van der Waals surface area contributed by atoms with Crippen LogP contribution in [0, 0.1) is 13.8 Å². The zero-order valence-electron chi connectivity index (χ0n) is 18.4. The second kappa shape index (κ2) is 9.71. The van der Waals surface area contributed by atoms with Crippen LogP contribution in [0.3, 0.4) is 0 Å². The minimum Gasteiger partial charge on any atom is -0.487 e. The van der Waals surface area contributed by atoms with Crippen molar-refractivity contribution < 1.29 is 19.1 Å². The highest BCUT2D eigenvalue weighted by atomic mass is 35.5. The smallest absolute Gasteiger partial charge is 0.335 e. The van der Waals surface area contributed by atoms with Crippen LogP contribution in [-0.4, -0.2) is 17.8 Å². The SMILES string of the molecule is Cc1ccc(COc2ccc(/C=C3\C(=O)NC(=O)N(c4ccccc4Cl)C3=O)cc2Cl)cc1C. The summed E-state index contributed by atoms with van der Waals surface area (Å²) in [5.41, 5.74) is 3.84. The van der Waals surface area contributed by atoms with Crippen molar-refractivity contribution >= 4 is 52.8 Å². The van der Waals surface area contributed by atoms with E-state index in [1.165, 1.54) is 23.3 Å². The zero-order chi connectivity index (χ0) is 24.4. The maximum atomic E-state index is 13.0. The van der Waals surface area contributed by atoms with Crippen LogP contribution in [0.4, 0.5) is 10.5 Å². The molecule has 8 heteroatoms. The third-order valence-electron chi connectivity index (χ3n) is 5.43. The van der Waals surface area contributed by atoms with Crippen molar-refractivity contribution in [3.63, 3.8) is 0 Å². The van der Waals surface area contributed by atoms with Crippen molar-refractivity contribution in [2.24, 2.45) is 0 Å². The number of nitrogens with one attached hydrogen (secondary N) is 1. The first-order valence-corrected chi connectivity index (χ1v) is 11.1. The van der Waals surface area contributed by atoms with Gasteiger partial charge in [0, 0.05) is 0 Å². The van der Waals surface area contributed by atoms with E-state index in [4.69, 9.17) is 27.9 Å². The Kier molecular flexibility index (Phi) is 6.72. The Hall–Kier alpha value is -3.61. The number of rotatable bonds is 5. The van der Waals surface area contributed by atoms with Gasteiger partial charge in [0.2, 0.25) is 0 Å². The lowest BCUT2D eigenvalue weighted by atomic mass is 10.1. The molecule has 0 radical (unpaired) electrons. The Morgan fingerprint density at radius 1 is 0.912 bits per heavy atom. The number of urea groups is 1. The molecule has 34 heavy (non-hydrogen) atoms. The molecule has 0 bridgehead atoms. The fourth-order valence-electron chi connectivity index (χ4n) is 3.45. The molecule has 6 nitrogen and oxygen atoms in total. The van der Waals surface area contributed by atoms with E-state index in [9.17, 15) is 14.4 Å². The van der Waals surface area contributed by atoms with Crippen molar-refractivity contribution in [3.05, 3.63) is 98.5 Å². The van der Waals surface area contributed by atoms with Gasteiger partial charge in [0.1, 0.15) is 17.9 Å². The summed E-state index contributed by atoms with van der Waals surface area (Å²) in [5.74, 6) is -1.12. The highest BCUT2D eigenvalue weighted by molar-refractivity contribution is 6.42. The quantitative estimate of drug-likeness (QED) is 0.356. The molecule has 4 rings (SSSR count). The number of halogens is 2. The molecule has 0 unspecified atom stereocenters. The molecule has 0 atom stereocenters. The highest BCUT2D eigenvalue weighted by Gasteiger charge is 2.37. The lowest BCUT2D eigenvalue weighted by molar-refractivity contribution is -0.122. The van der Waals surface area contributed by atoms with Crippen molar-refractivity contribution in [3.8, 4) is 5.75 Å². The number of para-hydroxylation sites is 1. The van der Waals surface area contributed by atoms with Gasteiger partial charge in [0.15, 0.2) is 0 Å². The molecule has 4 amide bonds. The van der Waals surface area contributed by atoms with E-state index in [1.54, 1.807) is 36.4 Å². The maximum absolute atomic E-state index is 13.0. The summed E-state index contributed by atoms with van der Waals surface area (Å²) in [5, 5.41) is 2.69. The van der Waals surface area contributed by atoms with E-state index in [2.05, 4.69) is 11.4 Å². The van der Waals surface area contributed by atoms with Crippen LogP contribution < -0.4 is 15.0 Å². The largest absolute Gasteiger partial charge is 0.487 e. The number of amides is 4. The summed E-state index contributed by atoms with van der Waals surface area (Å²) in [7, 11) is 0. The summed E-state index contributed by atoms with van der Waals surface area (Å²) >= 11 is 12.5. The van der Waals surface area contributed by atoms with E-state index in [0.29, 0.717) is 22.9 Å². The Morgan fingerprint density at radius 2 is 1.68 bits per heavy atom. The first-order valence-electron chi connectivity index (χ1n) is 10.4. The molecule has 0 aromatic heterocycles.